The van der Waals surface area contributed by atoms with E-state index in [1.807, 2.05) is 0 Å². The predicted octanol–water partition coefficient (Wildman–Crippen LogP) is 8.42. The zero-order valence-corrected chi connectivity index (χ0v) is 34.0. The van der Waals surface area contributed by atoms with Crippen LogP contribution in [0.5, 0.6) is 0 Å². The van der Waals surface area contributed by atoms with E-state index >= 15 is 0 Å². The summed E-state index contributed by atoms with van der Waals surface area (Å²) in [5, 5.41) is 0. The van der Waals surface area contributed by atoms with Crippen LogP contribution in [-0.4, -0.2) is 38.1 Å². The molecular formula is C40H65NaO7S. The number of hydrogen-bond acceptors (Lipinski definition) is 7. The van der Waals surface area contributed by atoms with Crippen molar-refractivity contribution in [2.75, 3.05) is 13.2 Å². The van der Waals surface area contributed by atoms with Crippen molar-refractivity contribution in [2.45, 2.75) is 173 Å². The first-order valence-electron chi connectivity index (χ1n) is 19.0. The fraction of sp³-hybridized carbons (Fsp3) is 0.700. The van der Waals surface area contributed by atoms with Crippen molar-refractivity contribution in [2.24, 2.45) is 0 Å². The van der Waals surface area contributed by atoms with Gasteiger partial charge < -0.3 is 14.0 Å². The van der Waals surface area contributed by atoms with E-state index < -0.39 is 27.0 Å². The summed E-state index contributed by atoms with van der Waals surface area (Å²) in [6.45, 7) is 4.50. The van der Waals surface area contributed by atoms with Gasteiger partial charge in [0.25, 0.3) is 0 Å². The maximum absolute atomic E-state index is 12.9. The summed E-state index contributed by atoms with van der Waals surface area (Å²) in [7, 11) is -4.81. The molecule has 274 valence electrons. The third-order valence-corrected chi connectivity index (χ3v) is 9.52. The Bertz CT molecular complexity index is 1150. The van der Waals surface area contributed by atoms with Gasteiger partial charge in [-0.15, -0.1) is 0 Å². The minimum absolute atomic E-state index is 0. The van der Waals surface area contributed by atoms with Gasteiger partial charge in [-0.1, -0.05) is 140 Å². The number of unbranched alkanes of at least 4 members (excludes halogenated alkanes) is 22. The van der Waals surface area contributed by atoms with E-state index in [4.69, 9.17) is 9.47 Å². The van der Waals surface area contributed by atoms with Crippen molar-refractivity contribution in [1.29, 1.82) is 0 Å². The van der Waals surface area contributed by atoms with Crippen molar-refractivity contribution in [3.8, 4) is 0 Å². The molecule has 0 radical (unpaired) electrons. The molecular weight excluding hydrogens is 647 g/mol. The van der Waals surface area contributed by atoms with Gasteiger partial charge in [0, 0.05) is 0 Å². The number of allylic oxidation sites excluding steroid dienone is 4. The smallest absolute Gasteiger partial charge is 0.744 e. The Kier molecular flexibility index (Phi) is 31.5. The van der Waals surface area contributed by atoms with Gasteiger partial charge in [-0.25, -0.2) is 18.0 Å². The molecule has 0 saturated carbocycles. The van der Waals surface area contributed by atoms with Gasteiger partial charge in [-0.3, -0.25) is 0 Å². The topological polar surface area (TPSA) is 110 Å². The minimum Gasteiger partial charge on any atom is -0.744 e. The number of rotatable bonds is 31. The third kappa shape index (κ3) is 26.1. The van der Waals surface area contributed by atoms with Crippen LogP contribution in [0.2, 0.25) is 0 Å². The van der Waals surface area contributed by atoms with Crippen LogP contribution in [0.1, 0.15) is 189 Å². The molecule has 7 nitrogen and oxygen atoms in total. The molecule has 0 aromatic heterocycles. The van der Waals surface area contributed by atoms with Crippen LogP contribution < -0.4 is 29.6 Å². The first kappa shape index (κ1) is 47.5. The normalized spacial score (nSPS) is 11.7. The number of benzene rings is 1. The average molecular weight is 713 g/mol. The Morgan fingerprint density at radius 3 is 1.22 bits per heavy atom. The second-order valence-corrected chi connectivity index (χ2v) is 14.3. The molecule has 0 spiro atoms. The first-order chi connectivity index (χ1) is 23.3. The van der Waals surface area contributed by atoms with E-state index in [1.54, 1.807) is 0 Å². The van der Waals surface area contributed by atoms with Gasteiger partial charge >= 0.3 is 41.5 Å². The second kappa shape index (κ2) is 32.5. The summed E-state index contributed by atoms with van der Waals surface area (Å²) in [6, 6.07) is 3.12. The summed E-state index contributed by atoms with van der Waals surface area (Å²) in [6.07, 6.45) is 36.7. The molecule has 0 atom stereocenters. The SMILES string of the molecule is C/C=C/CCCCCCCCCCCCCOC(=O)c1ccc(S(=O)(=O)[O-])cc1C(=O)OCCCCCCCCCCCCC/C=C/C.[Na+]. The molecule has 0 amide bonds. The van der Waals surface area contributed by atoms with E-state index in [0.717, 1.165) is 56.7 Å². The summed E-state index contributed by atoms with van der Waals surface area (Å²) in [5.74, 6) is -1.55. The standard InChI is InChI=1S/C40H66O7S.Na/c1-3-5-7-9-11-13-15-17-19-21-23-25-27-29-33-46-39(41)37-32-31-36(48(43,44)45)35-38(37)40(42)47-34-30-28-26-24-22-20-18-16-14-12-10-8-6-4-2;/h3-6,31-32,35H,7-30,33-34H2,1-2H3,(H,43,44,45);/q;+1/p-1/b5-3+,6-4+;. The Hall–Kier alpha value is -1.45. The van der Waals surface area contributed by atoms with Crippen molar-refractivity contribution in [3.63, 3.8) is 0 Å². The summed E-state index contributed by atoms with van der Waals surface area (Å²) >= 11 is 0. The van der Waals surface area contributed by atoms with Gasteiger partial charge in [-0.2, -0.15) is 0 Å². The number of esters is 2. The maximum Gasteiger partial charge on any atom is 1.00 e. The Morgan fingerprint density at radius 1 is 0.551 bits per heavy atom. The molecule has 0 unspecified atom stereocenters. The maximum atomic E-state index is 12.9. The fourth-order valence-corrected chi connectivity index (χ4v) is 6.25. The molecule has 0 bridgehead atoms. The van der Waals surface area contributed by atoms with Gasteiger partial charge in [0.1, 0.15) is 10.1 Å². The molecule has 1 aromatic rings. The van der Waals surface area contributed by atoms with Crippen LogP contribution in [0.25, 0.3) is 0 Å². The molecule has 0 saturated heterocycles. The molecule has 0 N–H and O–H groups in total. The van der Waals surface area contributed by atoms with Crippen molar-refractivity contribution < 1.29 is 61.6 Å². The third-order valence-electron chi connectivity index (χ3n) is 8.69. The molecule has 49 heavy (non-hydrogen) atoms. The largest absolute Gasteiger partial charge is 1.00 e. The van der Waals surface area contributed by atoms with Crippen LogP contribution >= 0.6 is 0 Å². The molecule has 9 heteroatoms. The van der Waals surface area contributed by atoms with Crippen LogP contribution in [0.15, 0.2) is 47.4 Å². The van der Waals surface area contributed by atoms with Gasteiger partial charge in [-0.05, 0) is 70.6 Å². The summed E-state index contributed by atoms with van der Waals surface area (Å²) < 4.78 is 45.6. The number of ether oxygens (including phenoxy) is 2. The van der Waals surface area contributed by atoms with E-state index in [0.29, 0.717) is 12.8 Å². The van der Waals surface area contributed by atoms with Crippen LogP contribution in [-0.2, 0) is 19.6 Å². The zero-order chi connectivity index (χ0) is 35.1. The van der Waals surface area contributed by atoms with Gasteiger partial charge in [0.15, 0.2) is 0 Å². The molecule has 0 aliphatic rings. The van der Waals surface area contributed by atoms with E-state index in [1.165, 1.54) is 103 Å². The molecule has 0 fully saturated rings. The van der Waals surface area contributed by atoms with Gasteiger partial charge in [0.05, 0.1) is 29.2 Å². The zero-order valence-electron chi connectivity index (χ0n) is 31.2. The van der Waals surface area contributed by atoms with Crippen molar-refractivity contribution in [3.05, 3.63) is 53.6 Å². The molecule has 1 rings (SSSR count). The molecule has 0 aliphatic carbocycles. The Labute approximate surface area is 321 Å². The molecule has 0 heterocycles. The summed E-state index contributed by atoms with van der Waals surface area (Å²) in [4.78, 5) is 25.1. The van der Waals surface area contributed by atoms with E-state index in [-0.39, 0.29) is 53.9 Å². The molecule has 0 aliphatic heterocycles. The first-order valence-corrected chi connectivity index (χ1v) is 20.4. The van der Waals surface area contributed by atoms with Crippen LogP contribution in [0, 0.1) is 0 Å². The monoisotopic (exact) mass is 712 g/mol. The minimum atomic E-state index is -4.81. The van der Waals surface area contributed by atoms with Crippen LogP contribution in [0.4, 0.5) is 0 Å². The number of carbonyl (C=O) groups is 2. The van der Waals surface area contributed by atoms with E-state index in [9.17, 15) is 22.6 Å². The average Bonchev–Trinajstić information content (AvgIpc) is 3.07. The summed E-state index contributed by atoms with van der Waals surface area (Å²) in [5.41, 5.74) is -0.344. The predicted molar refractivity (Wildman–Crippen MR) is 195 cm³/mol. The second-order valence-electron chi connectivity index (χ2n) is 12.9. The van der Waals surface area contributed by atoms with Crippen molar-refractivity contribution >= 4 is 22.1 Å². The quantitative estimate of drug-likeness (QED) is 0.0250. The fourth-order valence-electron chi connectivity index (χ4n) is 5.75. The van der Waals surface area contributed by atoms with Crippen LogP contribution in [0.3, 0.4) is 0 Å². The Balaban J connectivity index is 0.0000230. The van der Waals surface area contributed by atoms with Crippen molar-refractivity contribution in [1.82, 2.24) is 0 Å². The number of hydrogen-bond donors (Lipinski definition) is 0. The van der Waals surface area contributed by atoms with E-state index in [2.05, 4.69) is 38.2 Å². The Morgan fingerprint density at radius 2 is 0.878 bits per heavy atom. The molecule has 1 aromatic carbocycles. The van der Waals surface area contributed by atoms with Gasteiger partial charge in [0.2, 0.25) is 0 Å². The number of carbonyl (C=O) groups excluding carboxylic acids is 2.